The molecule has 0 unspecified atom stereocenters. The number of rotatable bonds is 4. The Labute approximate surface area is 187 Å². The van der Waals surface area contributed by atoms with Crippen LogP contribution in [0.25, 0.3) is 0 Å². The number of hydrogen-bond donors (Lipinski definition) is 0. The van der Waals surface area contributed by atoms with Gasteiger partial charge in [0.15, 0.2) is 0 Å². The Balaban J connectivity index is 1.53. The van der Waals surface area contributed by atoms with Crippen molar-refractivity contribution < 1.29 is 14.4 Å². The van der Waals surface area contributed by atoms with E-state index < -0.39 is 5.91 Å². The normalized spacial score (nSPS) is 26.4. The van der Waals surface area contributed by atoms with E-state index in [1.165, 1.54) is 5.01 Å². The first-order valence-electron chi connectivity index (χ1n) is 9.82. The molecule has 5 nitrogen and oxygen atoms in total. The van der Waals surface area contributed by atoms with Crippen LogP contribution in [0.5, 0.6) is 0 Å². The molecule has 0 radical (unpaired) electrons. The molecule has 0 spiro atoms. The summed E-state index contributed by atoms with van der Waals surface area (Å²) in [5.74, 6) is -1.65. The Hall–Kier alpha value is -2.44. The van der Waals surface area contributed by atoms with Crippen molar-refractivity contribution >= 4 is 45.3 Å². The minimum atomic E-state index is -0.467. The third kappa shape index (κ3) is 3.01. The molecule has 1 saturated heterocycles. The molecule has 7 heteroatoms. The van der Waals surface area contributed by atoms with E-state index in [1.807, 2.05) is 36.4 Å². The largest absolute Gasteiger partial charge is 0.274 e. The molecule has 2 aliphatic carbocycles. The molecule has 0 N–H and O–H groups in total. The van der Waals surface area contributed by atoms with Crippen LogP contribution in [-0.4, -0.2) is 27.7 Å². The predicted molar refractivity (Wildman–Crippen MR) is 115 cm³/mol. The summed E-state index contributed by atoms with van der Waals surface area (Å²) in [5.41, 5.74) is 1.06. The van der Waals surface area contributed by atoms with E-state index in [1.54, 1.807) is 24.3 Å². The summed E-state index contributed by atoms with van der Waals surface area (Å²) in [6.07, 6.45) is 4.91. The van der Waals surface area contributed by atoms with E-state index in [0.29, 0.717) is 0 Å². The Morgan fingerprint density at radius 1 is 1.00 bits per heavy atom. The summed E-state index contributed by atoms with van der Waals surface area (Å²) in [6.45, 7) is 0.0943. The molecule has 1 heterocycles. The molecule has 4 atom stereocenters. The summed E-state index contributed by atoms with van der Waals surface area (Å²) in [4.78, 5) is 40.1. The van der Waals surface area contributed by atoms with Crippen molar-refractivity contribution in [1.29, 1.82) is 0 Å². The summed E-state index contributed by atoms with van der Waals surface area (Å²) in [5, 5.41) is 2.62. The maximum absolute atomic E-state index is 13.5. The third-order valence-corrected chi connectivity index (χ3v) is 7.13. The van der Waals surface area contributed by atoms with Gasteiger partial charge >= 0.3 is 0 Å². The summed E-state index contributed by atoms with van der Waals surface area (Å²) in [6, 6.07) is 14.1. The number of hydrogen-bond acceptors (Lipinski definition) is 3. The van der Waals surface area contributed by atoms with Crippen molar-refractivity contribution in [3.05, 3.63) is 81.3 Å². The highest BCUT2D eigenvalue weighted by Gasteiger charge is 2.61. The van der Waals surface area contributed by atoms with Gasteiger partial charge in [-0.1, -0.05) is 63.9 Å². The summed E-state index contributed by atoms with van der Waals surface area (Å²) in [7, 11) is 0. The van der Waals surface area contributed by atoms with Crippen molar-refractivity contribution in [2.45, 2.75) is 13.0 Å². The number of imide groups is 1. The third-order valence-electron chi connectivity index (χ3n) is 6.27. The lowest BCUT2D eigenvalue weighted by Crippen LogP contribution is -2.50. The van der Waals surface area contributed by atoms with Gasteiger partial charge in [0.05, 0.1) is 29.0 Å². The van der Waals surface area contributed by atoms with Crippen molar-refractivity contribution in [3.8, 4) is 0 Å². The monoisotopic (exact) mass is 484 g/mol. The Kier molecular flexibility index (Phi) is 4.79. The van der Waals surface area contributed by atoms with Crippen LogP contribution in [0, 0.1) is 23.7 Å². The molecule has 2 aromatic rings. The molecule has 3 aliphatic rings. The lowest BCUT2D eigenvalue weighted by Gasteiger charge is -2.31. The molecule has 2 bridgehead atoms. The number of carbonyl (C=O) groups is 3. The molecule has 2 aromatic carbocycles. The number of allylic oxidation sites excluding steroid dienone is 2. The van der Waals surface area contributed by atoms with Gasteiger partial charge in [0.2, 0.25) is 0 Å². The van der Waals surface area contributed by atoms with Crippen LogP contribution in [-0.2, 0) is 16.1 Å². The van der Waals surface area contributed by atoms with Crippen LogP contribution in [0.4, 0.5) is 0 Å². The zero-order chi connectivity index (χ0) is 21.0. The average Bonchev–Trinajstić information content (AvgIpc) is 3.42. The number of hydrazine groups is 1. The van der Waals surface area contributed by atoms with Gasteiger partial charge < -0.3 is 0 Å². The number of carbonyl (C=O) groups excluding carboxylic acids is 3. The van der Waals surface area contributed by atoms with E-state index in [9.17, 15) is 14.4 Å². The molecule has 5 rings (SSSR count). The first-order chi connectivity index (χ1) is 14.5. The Bertz CT molecular complexity index is 1050. The second kappa shape index (κ2) is 7.36. The predicted octanol–water partition coefficient (Wildman–Crippen LogP) is 4.47. The topological polar surface area (TPSA) is 57.7 Å². The second-order valence-corrected chi connectivity index (χ2v) is 9.28. The van der Waals surface area contributed by atoms with Gasteiger partial charge in [-0.05, 0) is 48.1 Å². The zero-order valence-electron chi connectivity index (χ0n) is 15.9. The van der Waals surface area contributed by atoms with E-state index in [-0.39, 0.29) is 52.6 Å². The molecule has 1 aliphatic heterocycles. The van der Waals surface area contributed by atoms with Crippen molar-refractivity contribution in [2.24, 2.45) is 23.7 Å². The van der Waals surface area contributed by atoms with E-state index >= 15 is 0 Å². The van der Waals surface area contributed by atoms with E-state index in [0.717, 1.165) is 21.5 Å². The lowest BCUT2D eigenvalue weighted by atomic mass is 9.85. The molecule has 30 heavy (non-hydrogen) atoms. The van der Waals surface area contributed by atoms with Crippen LogP contribution in [0.2, 0.25) is 5.02 Å². The Morgan fingerprint density at radius 3 is 2.20 bits per heavy atom. The molecule has 0 aromatic heterocycles. The molecule has 152 valence electrons. The number of nitrogens with zero attached hydrogens (tertiary/aromatic N) is 2. The Morgan fingerprint density at radius 2 is 1.60 bits per heavy atom. The quantitative estimate of drug-likeness (QED) is 0.474. The van der Waals surface area contributed by atoms with Crippen LogP contribution in [0.15, 0.2) is 65.2 Å². The smallest absolute Gasteiger partial charge is 0.272 e. The molecular formula is C23H18BrClN2O3. The van der Waals surface area contributed by atoms with Gasteiger partial charge in [-0.25, -0.2) is 5.01 Å². The fraction of sp³-hybridized carbons (Fsp3) is 0.261. The number of amides is 3. The van der Waals surface area contributed by atoms with Crippen LogP contribution in [0.1, 0.15) is 22.3 Å². The summed E-state index contributed by atoms with van der Waals surface area (Å²) < 4.78 is 0.903. The van der Waals surface area contributed by atoms with Crippen molar-refractivity contribution in [2.75, 3.05) is 0 Å². The van der Waals surface area contributed by atoms with Crippen molar-refractivity contribution in [1.82, 2.24) is 10.0 Å². The van der Waals surface area contributed by atoms with Crippen LogP contribution >= 0.6 is 27.5 Å². The van der Waals surface area contributed by atoms with E-state index in [2.05, 4.69) is 15.9 Å². The highest BCUT2D eigenvalue weighted by Crippen LogP contribution is 2.53. The number of fused-ring (bicyclic) bond motifs is 5. The SMILES string of the molecule is O=C(c1ccccc1Cl)N(Cc1ccc(Br)cc1)N1C(=O)[C@@H]2[C@H](C1=O)[C@H]1C=C[C@H]2C1. The van der Waals surface area contributed by atoms with Crippen LogP contribution in [0.3, 0.4) is 0 Å². The zero-order valence-corrected chi connectivity index (χ0v) is 18.2. The summed E-state index contributed by atoms with van der Waals surface area (Å²) >= 11 is 9.67. The number of benzene rings is 2. The highest BCUT2D eigenvalue weighted by atomic mass is 79.9. The minimum Gasteiger partial charge on any atom is -0.272 e. The lowest BCUT2D eigenvalue weighted by molar-refractivity contribution is -0.156. The molecule has 3 amide bonds. The highest BCUT2D eigenvalue weighted by molar-refractivity contribution is 9.10. The first-order valence-corrected chi connectivity index (χ1v) is 11.0. The minimum absolute atomic E-state index is 0.0754. The van der Waals surface area contributed by atoms with E-state index in [4.69, 9.17) is 11.6 Å². The average molecular weight is 486 g/mol. The number of halogens is 2. The van der Waals surface area contributed by atoms with Gasteiger partial charge in [0, 0.05) is 4.47 Å². The standard InChI is InChI=1S/C23H18BrClN2O3/c24-16-9-5-13(6-10-16)12-26(21(28)17-3-1-2-4-18(17)25)27-22(29)19-14-7-8-15(11-14)20(19)23(27)30/h1-10,14-15,19-20H,11-12H2/t14-,15-,19-,20+/m0/s1. The fourth-order valence-corrected chi connectivity index (χ4v) is 5.38. The molecule has 1 saturated carbocycles. The van der Waals surface area contributed by atoms with Gasteiger partial charge in [0.25, 0.3) is 17.7 Å². The van der Waals surface area contributed by atoms with Gasteiger partial charge in [-0.2, -0.15) is 5.01 Å². The molecule has 2 fully saturated rings. The first kappa shape index (κ1) is 19.5. The maximum atomic E-state index is 13.5. The van der Waals surface area contributed by atoms with Gasteiger partial charge in [-0.15, -0.1) is 0 Å². The van der Waals surface area contributed by atoms with Crippen molar-refractivity contribution in [3.63, 3.8) is 0 Å². The fourth-order valence-electron chi connectivity index (χ4n) is 4.89. The molecular weight excluding hydrogens is 468 g/mol. The van der Waals surface area contributed by atoms with Gasteiger partial charge in [0.1, 0.15) is 0 Å². The van der Waals surface area contributed by atoms with Crippen LogP contribution < -0.4 is 0 Å². The maximum Gasteiger partial charge on any atom is 0.274 e. The van der Waals surface area contributed by atoms with Gasteiger partial charge in [-0.3, -0.25) is 14.4 Å². The second-order valence-electron chi connectivity index (χ2n) is 7.96.